The van der Waals surface area contributed by atoms with Crippen LogP contribution in [0.25, 0.3) is 5.76 Å². The van der Waals surface area contributed by atoms with E-state index in [4.69, 9.17) is 4.74 Å². The molecule has 2 nitrogen and oxygen atoms in total. The number of pyridine rings is 1. The molecule has 0 spiro atoms. The molecule has 0 N–H and O–H groups in total. The van der Waals surface area contributed by atoms with Crippen LogP contribution in [0.15, 0.2) is 35.6 Å². The number of rotatable bonds is 3. The number of fused-ring (bicyclic) bond motifs is 1. The third-order valence-electron chi connectivity index (χ3n) is 2.30. The molecule has 0 atom stereocenters. The number of nitrogens with zero attached hydrogens (tertiary/aromatic N) is 1. The Morgan fingerprint density at radius 2 is 2.47 bits per heavy atom. The molecule has 2 rings (SSSR count). The lowest BCUT2D eigenvalue weighted by Crippen LogP contribution is -2.03. The molecule has 78 valence electrons. The summed E-state index contributed by atoms with van der Waals surface area (Å²) in [6.45, 7) is 4.26. The minimum atomic E-state index is 0.508. The maximum Gasteiger partial charge on any atom is 0.123 e. The molecule has 1 aliphatic rings. The summed E-state index contributed by atoms with van der Waals surface area (Å²) in [5.41, 5.74) is 2.42. The Morgan fingerprint density at radius 1 is 1.60 bits per heavy atom. The van der Waals surface area contributed by atoms with Crippen molar-refractivity contribution in [2.45, 2.75) is 12.8 Å². The highest BCUT2D eigenvalue weighted by Crippen LogP contribution is 2.26. The van der Waals surface area contributed by atoms with Gasteiger partial charge in [0.1, 0.15) is 12.4 Å². The largest absolute Gasteiger partial charge is 0.488 e. The Hall–Kier alpha value is -1.09. The van der Waals surface area contributed by atoms with Gasteiger partial charge in [0, 0.05) is 22.4 Å². The summed E-state index contributed by atoms with van der Waals surface area (Å²) in [4.78, 5) is 4.12. The Morgan fingerprint density at radius 3 is 3.27 bits per heavy atom. The Labute approximate surface area is 97.8 Å². The van der Waals surface area contributed by atoms with Gasteiger partial charge in [-0.2, -0.15) is 0 Å². The molecule has 1 aromatic heterocycles. The highest BCUT2D eigenvalue weighted by molar-refractivity contribution is 9.11. The quantitative estimate of drug-likeness (QED) is 0.837. The van der Waals surface area contributed by atoms with Gasteiger partial charge in [-0.05, 0) is 30.5 Å². The molecule has 0 unspecified atom stereocenters. The second kappa shape index (κ2) is 4.62. The fraction of sp³-hybridized carbons (Fsp3) is 0.250. The lowest BCUT2D eigenvalue weighted by Gasteiger charge is -2.17. The zero-order valence-electron chi connectivity index (χ0n) is 8.37. The molecule has 0 saturated heterocycles. The smallest absolute Gasteiger partial charge is 0.123 e. The van der Waals surface area contributed by atoms with E-state index in [9.17, 15) is 0 Å². The van der Waals surface area contributed by atoms with Crippen LogP contribution in [-0.4, -0.2) is 11.6 Å². The van der Waals surface area contributed by atoms with E-state index in [1.54, 1.807) is 6.20 Å². The second-order valence-electron chi connectivity index (χ2n) is 3.45. The summed E-state index contributed by atoms with van der Waals surface area (Å²) in [5, 5.41) is 0. The molecule has 0 aliphatic heterocycles. The average Bonchev–Trinajstić information content (AvgIpc) is 2.26. The van der Waals surface area contributed by atoms with Gasteiger partial charge in [-0.1, -0.05) is 22.5 Å². The molecule has 0 aromatic carbocycles. The van der Waals surface area contributed by atoms with Crippen molar-refractivity contribution in [3.05, 3.63) is 46.7 Å². The van der Waals surface area contributed by atoms with Crippen LogP contribution >= 0.6 is 15.9 Å². The molecule has 15 heavy (non-hydrogen) atoms. The monoisotopic (exact) mass is 265 g/mol. The highest BCUT2D eigenvalue weighted by atomic mass is 79.9. The highest BCUT2D eigenvalue weighted by Gasteiger charge is 2.13. The molecule has 0 fully saturated rings. The number of hydrogen-bond acceptors (Lipinski definition) is 2. The first-order valence-corrected chi connectivity index (χ1v) is 5.66. The van der Waals surface area contributed by atoms with Crippen LogP contribution in [0, 0.1) is 0 Å². The summed E-state index contributed by atoms with van der Waals surface area (Å²) in [6.07, 6.45) is 7.89. The fourth-order valence-electron chi connectivity index (χ4n) is 1.63. The normalized spacial score (nSPS) is 14.1. The van der Waals surface area contributed by atoms with Crippen molar-refractivity contribution >= 4 is 21.7 Å². The zero-order valence-corrected chi connectivity index (χ0v) is 9.96. The molecule has 1 heterocycles. The zero-order chi connectivity index (χ0) is 10.7. The van der Waals surface area contributed by atoms with E-state index in [1.165, 1.54) is 5.56 Å². The summed E-state index contributed by atoms with van der Waals surface area (Å²) < 4.78 is 6.51. The maximum atomic E-state index is 5.66. The van der Waals surface area contributed by atoms with Gasteiger partial charge >= 0.3 is 0 Å². The van der Waals surface area contributed by atoms with Crippen molar-refractivity contribution in [1.82, 2.24) is 4.98 Å². The topological polar surface area (TPSA) is 22.1 Å². The first kappa shape index (κ1) is 10.4. The van der Waals surface area contributed by atoms with Gasteiger partial charge in [0.05, 0.1) is 0 Å². The average molecular weight is 266 g/mol. The predicted molar refractivity (Wildman–Crippen MR) is 64.6 cm³/mol. The van der Waals surface area contributed by atoms with Crippen LogP contribution < -0.4 is 0 Å². The van der Waals surface area contributed by atoms with Crippen molar-refractivity contribution < 1.29 is 4.74 Å². The molecular weight excluding hydrogens is 254 g/mol. The van der Waals surface area contributed by atoms with Gasteiger partial charge in [-0.15, -0.1) is 0 Å². The molecule has 3 heteroatoms. The van der Waals surface area contributed by atoms with Crippen LogP contribution in [0.3, 0.4) is 0 Å². The van der Waals surface area contributed by atoms with Gasteiger partial charge in [-0.3, -0.25) is 4.98 Å². The van der Waals surface area contributed by atoms with Crippen molar-refractivity contribution in [1.29, 1.82) is 0 Å². The SMILES string of the molecule is C=C(Br)COC1=CCCc2cnccc21. The number of hydrogen-bond donors (Lipinski definition) is 0. The molecule has 0 radical (unpaired) electrons. The second-order valence-corrected chi connectivity index (χ2v) is 4.57. The van der Waals surface area contributed by atoms with Crippen molar-refractivity contribution in [3.8, 4) is 0 Å². The number of ether oxygens (including phenoxy) is 1. The van der Waals surface area contributed by atoms with Crippen molar-refractivity contribution in [2.24, 2.45) is 0 Å². The van der Waals surface area contributed by atoms with Gasteiger partial charge < -0.3 is 4.74 Å². The fourth-order valence-corrected chi connectivity index (χ4v) is 1.74. The summed E-state index contributed by atoms with van der Waals surface area (Å²) in [5.74, 6) is 0.944. The minimum absolute atomic E-state index is 0.508. The molecule has 1 aliphatic carbocycles. The van der Waals surface area contributed by atoms with Gasteiger partial charge in [0.25, 0.3) is 0 Å². The minimum Gasteiger partial charge on any atom is -0.488 e. The van der Waals surface area contributed by atoms with Gasteiger partial charge in [0.15, 0.2) is 0 Å². The van der Waals surface area contributed by atoms with Crippen LogP contribution in [0.4, 0.5) is 0 Å². The predicted octanol–water partition coefficient (Wildman–Crippen LogP) is 3.29. The van der Waals surface area contributed by atoms with E-state index in [0.29, 0.717) is 6.61 Å². The van der Waals surface area contributed by atoms with Crippen LogP contribution in [0.5, 0.6) is 0 Å². The Balaban J connectivity index is 2.19. The molecule has 0 bridgehead atoms. The third kappa shape index (κ3) is 2.48. The lowest BCUT2D eigenvalue weighted by atomic mass is 9.98. The van der Waals surface area contributed by atoms with E-state index in [2.05, 4.69) is 33.6 Å². The number of allylic oxidation sites excluding steroid dienone is 1. The summed E-state index contributed by atoms with van der Waals surface area (Å²) >= 11 is 3.28. The number of aryl methyl sites for hydroxylation is 1. The molecule has 0 saturated carbocycles. The maximum absolute atomic E-state index is 5.66. The van der Waals surface area contributed by atoms with Gasteiger partial charge in [-0.25, -0.2) is 0 Å². The summed E-state index contributed by atoms with van der Waals surface area (Å²) in [7, 11) is 0. The number of aromatic nitrogens is 1. The van der Waals surface area contributed by atoms with Crippen molar-refractivity contribution in [3.63, 3.8) is 0 Å². The van der Waals surface area contributed by atoms with Crippen LogP contribution in [0.2, 0.25) is 0 Å². The van der Waals surface area contributed by atoms with E-state index in [-0.39, 0.29) is 0 Å². The first-order valence-electron chi connectivity index (χ1n) is 4.87. The molecular formula is C12H12BrNO. The third-order valence-corrected chi connectivity index (χ3v) is 2.53. The van der Waals surface area contributed by atoms with Gasteiger partial charge in [0.2, 0.25) is 0 Å². The number of halogens is 1. The Kier molecular flexibility index (Phi) is 3.21. The lowest BCUT2D eigenvalue weighted by molar-refractivity contribution is 0.315. The van der Waals surface area contributed by atoms with Crippen LogP contribution in [0.1, 0.15) is 17.5 Å². The van der Waals surface area contributed by atoms with Crippen LogP contribution in [-0.2, 0) is 11.2 Å². The van der Waals surface area contributed by atoms with E-state index >= 15 is 0 Å². The standard InChI is InChI=1S/C12H12BrNO/c1-9(13)8-15-12-4-2-3-10-7-14-6-5-11(10)12/h4-7H,1-3,8H2. The van der Waals surface area contributed by atoms with E-state index in [1.807, 2.05) is 12.3 Å². The van der Waals surface area contributed by atoms with E-state index < -0.39 is 0 Å². The Bertz CT molecular complexity index is 412. The summed E-state index contributed by atoms with van der Waals surface area (Å²) in [6, 6.07) is 2.00. The van der Waals surface area contributed by atoms with Crippen molar-refractivity contribution in [2.75, 3.05) is 6.61 Å². The molecule has 0 amide bonds. The first-order chi connectivity index (χ1) is 7.27. The van der Waals surface area contributed by atoms with E-state index in [0.717, 1.165) is 28.6 Å². The molecule has 1 aromatic rings.